The number of hydrogen-bond donors (Lipinski definition) is 1. The average molecular weight is 267 g/mol. The highest BCUT2D eigenvalue weighted by Crippen LogP contribution is 2.17. The van der Waals surface area contributed by atoms with E-state index in [2.05, 4.69) is 5.32 Å². The summed E-state index contributed by atoms with van der Waals surface area (Å²) in [6, 6.07) is 3.30. The third kappa shape index (κ3) is 4.10. The molecule has 1 aliphatic carbocycles. The Bertz CT molecular complexity index is 440. The zero-order valence-electron chi connectivity index (χ0n) is 10.9. The average Bonchev–Trinajstić information content (AvgIpc) is 2.67. The molecule has 1 aromatic carbocycles. The molecule has 0 bridgehead atoms. The topological polar surface area (TPSA) is 29.1 Å². The molecule has 4 heteroatoms. The monoisotopic (exact) mass is 267 g/mol. The molecule has 19 heavy (non-hydrogen) atoms. The van der Waals surface area contributed by atoms with Crippen molar-refractivity contribution < 1.29 is 13.6 Å². The van der Waals surface area contributed by atoms with Crippen molar-refractivity contribution in [2.75, 3.05) is 6.54 Å². The minimum absolute atomic E-state index is 0.0744. The van der Waals surface area contributed by atoms with Crippen LogP contribution in [-0.2, 0) is 0 Å². The molecule has 0 unspecified atom stereocenters. The summed E-state index contributed by atoms with van der Waals surface area (Å²) in [4.78, 5) is 11.9. The normalized spacial score (nSPS) is 17.2. The first kappa shape index (κ1) is 14.1. The summed E-state index contributed by atoms with van der Waals surface area (Å²) in [7, 11) is 0. The lowest BCUT2D eigenvalue weighted by Crippen LogP contribution is -2.33. The van der Waals surface area contributed by atoms with Crippen molar-refractivity contribution in [3.05, 3.63) is 35.4 Å². The fourth-order valence-electron chi connectivity index (χ4n) is 2.53. The molecule has 2 nitrogen and oxygen atoms in total. The predicted octanol–water partition coefficient (Wildman–Crippen LogP) is 3.46. The van der Waals surface area contributed by atoms with Gasteiger partial charge in [0.15, 0.2) is 5.78 Å². The highest BCUT2D eigenvalue weighted by molar-refractivity contribution is 5.97. The number of hydrogen-bond acceptors (Lipinski definition) is 2. The lowest BCUT2D eigenvalue weighted by Gasteiger charge is -2.15. The smallest absolute Gasteiger partial charge is 0.179 e. The Hall–Kier alpha value is -1.29. The predicted molar refractivity (Wildman–Crippen MR) is 70.2 cm³/mol. The molecule has 0 aliphatic heterocycles. The van der Waals surface area contributed by atoms with Gasteiger partial charge in [0.1, 0.15) is 11.6 Å². The number of carbonyl (C=O) groups excluding carboxylic acids is 1. The highest BCUT2D eigenvalue weighted by Gasteiger charge is 2.16. The van der Waals surface area contributed by atoms with E-state index < -0.39 is 11.6 Å². The third-order valence-corrected chi connectivity index (χ3v) is 3.64. The Morgan fingerprint density at radius 2 is 1.84 bits per heavy atom. The summed E-state index contributed by atoms with van der Waals surface area (Å²) in [5.41, 5.74) is -0.166. The molecule has 1 fully saturated rings. The second kappa shape index (κ2) is 6.75. The van der Waals surface area contributed by atoms with Crippen molar-refractivity contribution in [1.82, 2.24) is 5.32 Å². The van der Waals surface area contributed by atoms with Gasteiger partial charge in [0.25, 0.3) is 0 Å². The number of halogens is 2. The van der Waals surface area contributed by atoms with E-state index in [9.17, 15) is 13.6 Å². The van der Waals surface area contributed by atoms with Crippen LogP contribution in [0.15, 0.2) is 18.2 Å². The quantitative estimate of drug-likeness (QED) is 0.668. The summed E-state index contributed by atoms with van der Waals surface area (Å²) in [6.07, 6.45) is 6.92. The Morgan fingerprint density at radius 3 is 2.53 bits per heavy atom. The highest BCUT2D eigenvalue weighted by atomic mass is 19.1. The minimum atomic E-state index is -0.658. The van der Waals surface area contributed by atoms with Crippen molar-refractivity contribution >= 4 is 5.78 Å². The number of rotatable bonds is 4. The molecule has 0 aromatic heterocycles. The molecule has 0 heterocycles. The molecule has 0 amide bonds. The van der Waals surface area contributed by atoms with Crippen LogP contribution in [0.25, 0.3) is 0 Å². The fourth-order valence-corrected chi connectivity index (χ4v) is 2.53. The molecule has 104 valence electrons. The van der Waals surface area contributed by atoms with Gasteiger partial charge in [-0.25, -0.2) is 8.78 Å². The first-order chi connectivity index (χ1) is 9.16. The van der Waals surface area contributed by atoms with Gasteiger partial charge in [-0.2, -0.15) is 0 Å². The van der Waals surface area contributed by atoms with Crippen LogP contribution in [-0.4, -0.2) is 18.4 Å². The summed E-state index contributed by atoms with van der Waals surface area (Å²) in [5.74, 6) is -1.63. The van der Waals surface area contributed by atoms with Crippen molar-refractivity contribution in [1.29, 1.82) is 0 Å². The first-order valence-electron chi connectivity index (χ1n) is 6.88. The molecule has 0 spiro atoms. The molecule has 1 N–H and O–H groups in total. The van der Waals surface area contributed by atoms with Crippen LogP contribution in [0.3, 0.4) is 0 Å². The lowest BCUT2D eigenvalue weighted by molar-refractivity contribution is 0.0982. The Kier molecular flexibility index (Phi) is 5.02. The Balaban J connectivity index is 1.91. The molecule has 0 radical (unpaired) electrons. The van der Waals surface area contributed by atoms with Gasteiger partial charge in [0.2, 0.25) is 0 Å². The second-order valence-electron chi connectivity index (χ2n) is 5.12. The van der Waals surface area contributed by atoms with Gasteiger partial charge in [0, 0.05) is 6.04 Å². The van der Waals surface area contributed by atoms with E-state index >= 15 is 0 Å². The zero-order chi connectivity index (χ0) is 13.7. The van der Waals surface area contributed by atoms with Gasteiger partial charge in [-0.15, -0.1) is 0 Å². The summed E-state index contributed by atoms with van der Waals surface area (Å²) in [5, 5.41) is 3.17. The van der Waals surface area contributed by atoms with Gasteiger partial charge in [-0.05, 0) is 31.0 Å². The molecule has 1 saturated carbocycles. The van der Waals surface area contributed by atoms with Gasteiger partial charge in [-0.1, -0.05) is 25.7 Å². The van der Waals surface area contributed by atoms with Crippen LogP contribution in [0.4, 0.5) is 8.78 Å². The summed E-state index contributed by atoms with van der Waals surface area (Å²) >= 11 is 0. The van der Waals surface area contributed by atoms with Crippen LogP contribution < -0.4 is 5.32 Å². The number of Topliss-reactive ketones (excluding diaryl/α,β-unsaturated/α-hetero) is 1. The van der Waals surface area contributed by atoms with Crippen LogP contribution in [0.5, 0.6) is 0 Å². The Morgan fingerprint density at radius 1 is 1.16 bits per heavy atom. The fraction of sp³-hybridized carbons (Fsp3) is 0.533. The third-order valence-electron chi connectivity index (χ3n) is 3.64. The zero-order valence-corrected chi connectivity index (χ0v) is 10.9. The number of carbonyl (C=O) groups is 1. The molecule has 1 aromatic rings. The maximum absolute atomic E-state index is 13.4. The maximum Gasteiger partial charge on any atom is 0.179 e. The van der Waals surface area contributed by atoms with Gasteiger partial charge < -0.3 is 5.32 Å². The van der Waals surface area contributed by atoms with Crippen molar-refractivity contribution in [3.8, 4) is 0 Å². The van der Waals surface area contributed by atoms with E-state index in [0.29, 0.717) is 6.04 Å². The molecular formula is C15H19F2NO. The summed E-state index contributed by atoms with van der Waals surface area (Å²) < 4.78 is 26.5. The van der Waals surface area contributed by atoms with E-state index in [1.807, 2.05) is 0 Å². The first-order valence-corrected chi connectivity index (χ1v) is 6.88. The largest absolute Gasteiger partial charge is 0.307 e. The van der Waals surface area contributed by atoms with E-state index in [1.165, 1.54) is 25.7 Å². The molecule has 0 saturated heterocycles. The van der Waals surface area contributed by atoms with Crippen LogP contribution in [0, 0.1) is 11.6 Å². The number of nitrogens with one attached hydrogen (secondary N) is 1. The van der Waals surface area contributed by atoms with E-state index in [0.717, 1.165) is 31.0 Å². The maximum atomic E-state index is 13.4. The summed E-state index contributed by atoms with van der Waals surface area (Å²) in [6.45, 7) is 0.0744. The Labute approximate surface area is 112 Å². The van der Waals surface area contributed by atoms with Crippen molar-refractivity contribution in [2.24, 2.45) is 0 Å². The molecule has 2 rings (SSSR count). The SMILES string of the molecule is O=C(CNC1CCCCCC1)c1cc(F)ccc1F. The number of benzene rings is 1. The van der Waals surface area contributed by atoms with Crippen LogP contribution in [0.2, 0.25) is 0 Å². The van der Waals surface area contributed by atoms with Gasteiger partial charge in [0.05, 0.1) is 12.1 Å². The lowest BCUT2D eigenvalue weighted by atomic mass is 10.1. The van der Waals surface area contributed by atoms with Gasteiger partial charge >= 0.3 is 0 Å². The van der Waals surface area contributed by atoms with Gasteiger partial charge in [-0.3, -0.25) is 4.79 Å². The standard InChI is InChI=1S/C15H19F2NO/c16-11-7-8-14(17)13(9-11)15(19)10-18-12-5-3-1-2-4-6-12/h7-9,12,18H,1-6,10H2. The van der Waals surface area contributed by atoms with E-state index in [-0.39, 0.29) is 17.9 Å². The van der Waals surface area contributed by atoms with Crippen LogP contribution in [0.1, 0.15) is 48.9 Å². The molecular weight excluding hydrogens is 248 g/mol. The second-order valence-corrected chi connectivity index (χ2v) is 5.12. The van der Waals surface area contributed by atoms with Crippen molar-refractivity contribution in [2.45, 2.75) is 44.6 Å². The van der Waals surface area contributed by atoms with Crippen LogP contribution >= 0.6 is 0 Å². The van der Waals surface area contributed by atoms with E-state index in [1.54, 1.807) is 0 Å². The number of ketones is 1. The molecule has 0 atom stereocenters. The van der Waals surface area contributed by atoms with Crippen molar-refractivity contribution in [3.63, 3.8) is 0 Å². The van der Waals surface area contributed by atoms with E-state index in [4.69, 9.17) is 0 Å². The molecule has 1 aliphatic rings. The minimum Gasteiger partial charge on any atom is -0.307 e.